The molecular weight excluding hydrogens is 516 g/mol. The average Bonchev–Trinajstić information content (AvgIpc) is 3.36. The van der Waals surface area contributed by atoms with Gasteiger partial charge in [-0.3, -0.25) is 9.69 Å². The number of halogens is 1. The van der Waals surface area contributed by atoms with Gasteiger partial charge in [-0.1, -0.05) is 30.2 Å². The molecule has 1 aromatic heterocycles. The summed E-state index contributed by atoms with van der Waals surface area (Å²) in [4.78, 5) is 31.8. The molecule has 0 spiro atoms. The molecular formula is C30H37ClN4O4. The van der Waals surface area contributed by atoms with Gasteiger partial charge in [-0.05, 0) is 87.6 Å². The summed E-state index contributed by atoms with van der Waals surface area (Å²) in [6.07, 6.45) is 7.88. The number of likely N-dealkylation sites (tertiary alicyclic amines) is 2. The molecule has 9 heteroatoms. The summed E-state index contributed by atoms with van der Waals surface area (Å²) >= 11 is 6.47. The Hall–Kier alpha value is -3.07. The largest absolute Gasteiger partial charge is 0.492 e. The summed E-state index contributed by atoms with van der Waals surface area (Å²) in [5.41, 5.74) is 2.50. The zero-order valence-corrected chi connectivity index (χ0v) is 23.0. The number of benzene rings is 2. The van der Waals surface area contributed by atoms with Gasteiger partial charge in [0.1, 0.15) is 12.4 Å². The summed E-state index contributed by atoms with van der Waals surface area (Å²) in [6.45, 7) is 6.98. The summed E-state index contributed by atoms with van der Waals surface area (Å²) in [6, 6.07) is 11.0. The van der Waals surface area contributed by atoms with E-state index in [1.165, 1.54) is 57.9 Å². The molecule has 39 heavy (non-hydrogen) atoms. The lowest BCUT2D eigenvalue weighted by Gasteiger charge is -2.35. The van der Waals surface area contributed by atoms with E-state index in [9.17, 15) is 14.7 Å². The fourth-order valence-corrected chi connectivity index (χ4v) is 6.00. The number of carbonyl (C=O) groups is 2. The molecule has 0 atom stereocenters. The number of aromatic amines is 1. The molecule has 0 bridgehead atoms. The third-order valence-electron chi connectivity index (χ3n) is 7.90. The monoisotopic (exact) mass is 552 g/mol. The van der Waals surface area contributed by atoms with Crippen LogP contribution >= 0.6 is 11.6 Å². The van der Waals surface area contributed by atoms with Gasteiger partial charge >= 0.3 is 5.97 Å². The highest BCUT2D eigenvalue weighted by molar-refractivity contribution is 6.34. The summed E-state index contributed by atoms with van der Waals surface area (Å²) in [7, 11) is 0. The number of carbonyl (C=O) groups excluding carboxylic acids is 1. The lowest BCUT2D eigenvalue weighted by molar-refractivity contribution is -0.122. The molecule has 2 aliphatic rings. The van der Waals surface area contributed by atoms with Crippen LogP contribution in [0.3, 0.4) is 0 Å². The quantitative estimate of drug-likeness (QED) is 0.310. The first kappa shape index (κ1) is 27.5. The van der Waals surface area contributed by atoms with Gasteiger partial charge in [0.05, 0.1) is 23.7 Å². The van der Waals surface area contributed by atoms with E-state index in [1.54, 1.807) is 12.1 Å². The van der Waals surface area contributed by atoms with E-state index in [0.717, 1.165) is 30.1 Å². The Labute approximate surface area is 234 Å². The van der Waals surface area contributed by atoms with Crippen molar-refractivity contribution < 1.29 is 19.4 Å². The summed E-state index contributed by atoms with van der Waals surface area (Å²) in [5, 5.41) is 13.5. The van der Waals surface area contributed by atoms with Crippen molar-refractivity contribution in [3.8, 4) is 16.9 Å². The molecule has 3 heterocycles. The Morgan fingerprint density at radius 1 is 1.03 bits per heavy atom. The van der Waals surface area contributed by atoms with Gasteiger partial charge in [0.2, 0.25) is 5.91 Å². The Balaban J connectivity index is 1.03. The zero-order valence-electron chi connectivity index (χ0n) is 22.3. The van der Waals surface area contributed by atoms with Crippen molar-refractivity contribution in [3.63, 3.8) is 0 Å². The SMILES string of the molecule is O=C(CN1CCC(CN2CCCCC2)CC1)NCCOc1ccc(-c2cc3c(C(=O)O)c[nH]c3cc2Cl)cc1. The number of hydrogen-bond donors (Lipinski definition) is 3. The normalized spacial score (nSPS) is 17.4. The number of ether oxygens (including phenoxy) is 1. The second-order valence-corrected chi connectivity index (χ2v) is 11.1. The molecule has 3 N–H and O–H groups in total. The number of hydrogen-bond acceptors (Lipinski definition) is 5. The van der Waals surface area contributed by atoms with Crippen LogP contribution in [0.4, 0.5) is 0 Å². The van der Waals surface area contributed by atoms with Gasteiger partial charge in [0.15, 0.2) is 0 Å². The van der Waals surface area contributed by atoms with Gasteiger partial charge in [-0.2, -0.15) is 0 Å². The number of piperidine rings is 2. The average molecular weight is 553 g/mol. The van der Waals surface area contributed by atoms with Crippen molar-refractivity contribution in [2.24, 2.45) is 5.92 Å². The number of nitrogens with zero attached hydrogens (tertiary/aromatic N) is 2. The molecule has 2 aromatic carbocycles. The number of carboxylic acids is 1. The number of amides is 1. The third kappa shape index (κ3) is 7.12. The number of rotatable bonds is 10. The topological polar surface area (TPSA) is 97.9 Å². The lowest BCUT2D eigenvalue weighted by atomic mass is 9.95. The van der Waals surface area contributed by atoms with E-state index >= 15 is 0 Å². The fourth-order valence-electron chi connectivity index (χ4n) is 5.72. The lowest BCUT2D eigenvalue weighted by Crippen LogP contribution is -2.44. The van der Waals surface area contributed by atoms with Gasteiger partial charge < -0.3 is 25.0 Å². The Bertz CT molecular complexity index is 1280. The zero-order chi connectivity index (χ0) is 27.2. The van der Waals surface area contributed by atoms with E-state index in [4.69, 9.17) is 16.3 Å². The first-order valence-electron chi connectivity index (χ1n) is 13.9. The maximum Gasteiger partial charge on any atom is 0.337 e. The summed E-state index contributed by atoms with van der Waals surface area (Å²) in [5.74, 6) is 0.503. The second-order valence-electron chi connectivity index (χ2n) is 10.7. The van der Waals surface area contributed by atoms with Crippen LogP contribution in [0.25, 0.3) is 22.0 Å². The number of aromatic nitrogens is 1. The van der Waals surface area contributed by atoms with Crippen LogP contribution < -0.4 is 10.1 Å². The van der Waals surface area contributed by atoms with Crippen molar-refractivity contribution in [2.75, 3.05) is 52.4 Å². The van der Waals surface area contributed by atoms with Crippen molar-refractivity contribution in [1.82, 2.24) is 20.1 Å². The molecule has 0 radical (unpaired) electrons. The predicted octanol–water partition coefficient (Wildman–Crippen LogP) is 4.88. The molecule has 2 saturated heterocycles. The molecule has 5 rings (SSSR count). The van der Waals surface area contributed by atoms with Crippen molar-refractivity contribution in [2.45, 2.75) is 32.1 Å². The number of carboxylic acid groups (broad SMARTS) is 1. The van der Waals surface area contributed by atoms with Crippen LogP contribution in [0.1, 0.15) is 42.5 Å². The number of fused-ring (bicyclic) bond motifs is 1. The Morgan fingerprint density at radius 2 is 1.77 bits per heavy atom. The Kier molecular flexibility index (Phi) is 9.06. The maximum atomic E-state index is 12.4. The smallest absolute Gasteiger partial charge is 0.337 e. The second kappa shape index (κ2) is 12.9. The van der Waals surface area contributed by atoms with Crippen LogP contribution in [-0.4, -0.2) is 84.2 Å². The van der Waals surface area contributed by atoms with Crippen LogP contribution in [-0.2, 0) is 4.79 Å². The minimum Gasteiger partial charge on any atom is -0.492 e. The molecule has 8 nitrogen and oxygen atoms in total. The first-order chi connectivity index (χ1) is 19.0. The Morgan fingerprint density at radius 3 is 2.49 bits per heavy atom. The van der Waals surface area contributed by atoms with E-state index in [1.807, 2.05) is 24.3 Å². The fraction of sp³-hybridized carbons (Fsp3) is 0.467. The van der Waals surface area contributed by atoms with Crippen LogP contribution in [0.5, 0.6) is 5.75 Å². The van der Waals surface area contributed by atoms with E-state index in [-0.39, 0.29) is 11.5 Å². The third-order valence-corrected chi connectivity index (χ3v) is 8.21. The van der Waals surface area contributed by atoms with E-state index < -0.39 is 5.97 Å². The van der Waals surface area contributed by atoms with E-state index in [2.05, 4.69) is 20.1 Å². The molecule has 1 amide bonds. The number of H-pyrrole nitrogens is 1. The van der Waals surface area contributed by atoms with E-state index in [0.29, 0.717) is 41.4 Å². The van der Waals surface area contributed by atoms with Gasteiger partial charge in [0, 0.05) is 29.2 Å². The van der Waals surface area contributed by atoms with Gasteiger partial charge in [0.25, 0.3) is 0 Å². The molecule has 0 unspecified atom stereocenters. The molecule has 3 aromatic rings. The molecule has 0 saturated carbocycles. The predicted molar refractivity (Wildman–Crippen MR) is 154 cm³/mol. The minimum atomic E-state index is -0.988. The molecule has 208 valence electrons. The maximum absolute atomic E-state index is 12.4. The molecule has 2 fully saturated rings. The number of aromatic carboxylic acids is 1. The van der Waals surface area contributed by atoms with Crippen molar-refractivity contribution in [1.29, 1.82) is 0 Å². The highest BCUT2D eigenvalue weighted by Crippen LogP contribution is 2.34. The van der Waals surface area contributed by atoms with Crippen LogP contribution in [0.15, 0.2) is 42.6 Å². The molecule has 2 aliphatic heterocycles. The highest BCUT2D eigenvalue weighted by Gasteiger charge is 2.23. The van der Waals surface area contributed by atoms with Crippen molar-refractivity contribution >= 4 is 34.4 Å². The number of nitrogens with one attached hydrogen (secondary N) is 2. The van der Waals surface area contributed by atoms with Crippen LogP contribution in [0, 0.1) is 5.92 Å². The van der Waals surface area contributed by atoms with Crippen LogP contribution in [0.2, 0.25) is 5.02 Å². The highest BCUT2D eigenvalue weighted by atomic mass is 35.5. The van der Waals surface area contributed by atoms with Crippen molar-refractivity contribution in [3.05, 3.63) is 53.2 Å². The minimum absolute atomic E-state index is 0.0407. The van der Waals surface area contributed by atoms with Gasteiger partial charge in [-0.25, -0.2) is 4.79 Å². The summed E-state index contributed by atoms with van der Waals surface area (Å²) < 4.78 is 5.81. The first-order valence-corrected chi connectivity index (χ1v) is 14.3. The molecule has 0 aliphatic carbocycles. The van der Waals surface area contributed by atoms with Gasteiger partial charge in [-0.15, -0.1) is 0 Å². The standard InChI is InChI=1S/C30H37ClN4O4/c31-27-17-28-25(26(18-33-28)30(37)38)16-24(27)22-4-6-23(7-5-22)39-15-10-32-29(36)20-35-13-8-21(9-14-35)19-34-11-2-1-3-12-34/h4-7,16-18,21,33H,1-3,8-15,19-20H2,(H,32,36)(H,37,38).